The number of carbonyl (C=O) groups is 2. The zero-order valence-corrected chi connectivity index (χ0v) is 16.3. The number of benzene rings is 2. The Morgan fingerprint density at radius 3 is 2.14 bits per heavy atom. The Morgan fingerprint density at radius 2 is 1.50 bits per heavy atom. The third kappa shape index (κ3) is 4.03. The van der Waals surface area contributed by atoms with E-state index in [0.29, 0.717) is 13.0 Å². The van der Waals surface area contributed by atoms with Crippen molar-refractivity contribution in [2.75, 3.05) is 38.1 Å². The number of hydrogen-bond acceptors (Lipinski definition) is 3. The lowest BCUT2D eigenvalue weighted by atomic mass is 10.2. The predicted molar refractivity (Wildman–Crippen MR) is 110 cm³/mol. The van der Waals surface area contributed by atoms with E-state index in [4.69, 9.17) is 0 Å². The summed E-state index contributed by atoms with van der Waals surface area (Å²) in [5.41, 5.74) is 2.32. The maximum atomic E-state index is 12.8. The second kappa shape index (κ2) is 8.05. The molecular formula is C23H27N3O2. The van der Waals surface area contributed by atoms with E-state index >= 15 is 0 Å². The second-order valence-corrected chi connectivity index (χ2v) is 7.78. The van der Waals surface area contributed by atoms with Gasteiger partial charge in [-0.25, -0.2) is 0 Å². The Bertz CT molecular complexity index is 816. The first-order chi connectivity index (χ1) is 13.6. The highest BCUT2D eigenvalue weighted by Gasteiger charge is 2.50. The van der Waals surface area contributed by atoms with Crippen LogP contribution in [-0.2, 0) is 16.1 Å². The number of para-hydroxylation sites is 1. The molecule has 0 spiro atoms. The molecule has 5 heteroatoms. The van der Waals surface area contributed by atoms with Crippen molar-refractivity contribution in [3.63, 3.8) is 0 Å². The Kier molecular flexibility index (Phi) is 5.33. The minimum atomic E-state index is -0.145. The van der Waals surface area contributed by atoms with Crippen LogP contribution in [0.5, 0.6) is 0 Å². The van der Waals surface area contributed by atoms with Gasteiger partial charge in [-0.15, -0.1) is 0 Å². The number of piperazine rings is 1. The summed E-state index contributed by atoms with van der Waals surface area (Å²) in [5.74, 6) is -0.0355. The monoisotopic (exact) mass is 377 g/mol. The van der Waals surface area contributed by atoms with E-state index in [1.54, 1.807) is 4.90 Å². The third-order valence-corrected chi connectivity index (χ3v) is 5.78. The molecule has 146 valence electrons. The van der Waals surface area contributed by atoms with E-state index in [2.05, 4.69) is 17.0 Å². The van der Waals surface area contributed by atoms with Gasteiger partial charge in [0, 0.05) is 45.5 Å². The summed E-state index contributed by atoms with van der Waals surface area (Å²) in [6.45, 7) is 3.73. The fourth-order valence-electron chi connectivity index (χ4n) is 4.02. The third-order valence-electron chi connectivity index (χ3n) is 5.78. The number of carbonyl (C=O) groups excluding carboxylic acids is 2. The summed E-state index contributed by atoms with van der Waals surface area (Å²) in [5, 5.41) is 0. The SMILES string of the molecule is CN(Cc1ccccc1)C(=O)C1CC1C(=O)N1CCN(c2ccccc2)CC1. The number of amides is 2. The van der Waals surface area contributed by atoms with Gasteiger partial charge in [0.1, 0.15) is 0 Å². The zero-order valence-electron chi connectivity index (χ0n) is 16.3. The van der Waals surface area contributed by atoms with Gasteiger partial charge < -0.3 is 14.7 Å². The van der Waals surface area contributed by atoms with Crippen LogP contribution in [0.3, 0.4) is 0 Å². The summed E-state index contributed by atoms with van der Waals surface area (Å²) in [7, 11) is 1.83. The van der Waals surface area contributed by atoms with Crippen molar-refractivity contribution in [1.82, 2.24) is 9.80 Å². The van der Waals surface area contributed by atoms with Crippen LogP contribution in [0.2, 0.25) is 0 Å². The first-order valence-corrected chi connectivity index (χ1v) is 10.0. The van der Waals surface area contributed by atoms with Gasteiger partial charge in [0.15, 0.2) is 0 Å². The van der Waals surface area contributed by atoms with Crippen LogP contribution in [0.4, 0.5) is 5.69 Å². The summed E-state index contributed by atoms with van der Waals surface area (Å²) in [6, 6.07) is 20.3. The maximum Gasteiger partial charge on any atom is 0.226 e. The molecule has 1 aliphatic heterocycles. The molecule has 0 radical (unpaired) electrons. The van der Waals surface area contributed by atoms with Gasteiger partial charge in [0.2, 0.25) is 11.8 Å². The molecule has 0 N–H and O–H groups in total. The molecule has 2 aromatic carbocycles. The van der Waals surface area contributed by atoms with Gasteiger partial charge in [-0.3, -0.25) is 9.59 Å². The van der Waals surface area contributed by atoms with Crippen molar-refractivity contribution >= 4 is 17.5 Å². The topological polar surface area (TPSA) is 43.9 Å². The molecule has 5 nitrogen and oxygen atoms in total. The highest BCUT2D eigenvalue weighted by Crippen LogP contribution is 2.41. The number of rotatable bonds is 5. The Labute approximate surface area is 166 Å². The molecule has 1 saturated carbocycles. The lowest BCUT2D eigenvalue weighted by molar-refractivity contribution is -0.137. The fraction of sp³-hybridized carbons (Fsp3) is 0.391. The molecule has 0 aromatic heterocycles. The van der Waals surface area contributed by atoms with Gasteiger partial charge in [-0.1, -0.05) is 48.5 Å². The highest BCUT2D eigenvalue weighted by atomic mass is 16.2. The van der Waals surface area contributed by atoms with E-state index in [0.717, 1.165) is 31.7 Å². The molecule has 2 amide bonds. The second-order valence-electron chi connectivity index (χ2n) is 7.78. The van der Waals surface area contributed by atoms with E-state index < -0.39 is 0 Å². The summed E-state index contributed by atoms with van der Waals surface area (Å²) in [6.07, 6.45) is 0.690. The molecular weight excluding hydrogens is 350 g/mol. The molecule has 2 unspecified atom stereocenters. The van der Waals surface area contributed by atoms with Gasteiger partial charge in [0.05, 0.1) is 11.8 Å². The molecule has 2 fully saturated rings. The zero-order chi connectivity index (χ0) is 19.5. The van der Waals surface area contributed by atoms with Gasteiger partial charge in [-0.05, 0) is 24.1 Å². The minimum absolute atomic E-state index is 0.0881. The number of nitrogens with zero attached hydrogens (tertiary/aromatic N) is 3. The highest BCUT2D eigenvalue weighted by molar-refractivity contribution is 5.92. The quantitative estimate of drug-likeness (QED) is 0.805. The van der Waals surface area contributed by atoms with Crippen LogP contribution >= 0.6 is 0 Å². The Hall–Kier alpha value is -2.82. The lowest BCUT2D eigenvalue weighted by Gasteiger charge is -2.36. The van der Waals surface area contributed by atoms with E-state index in [1.807, 2.05) is 60.5 Å². The van der Waals surface area contributed by atoms with Crippen molar-refractivity contribution in [3.8, 4) is 0 Å². The normalized spacial score (nSPS) is 21.3. The molecule has 2 atom stereocenters. The van der Waals surface area contributed by atoms with Crippen molar-refractivity contribution in [3.05, 3.63) is 66.2 Å². The van der Waals surface area contributed by atoms with E-state index in [9.17, 15) is 9.59 Å². The molecule has 0 bridgehead atoms. The number of anilines is 1. The van der Waals surface area contributed by atoms with Crippen LogP contribution in [0.25, 0.3) is 0 Å². The average Bonchev–Trinajstić information content (AvgIpc) is 3.55. The first kappa shape index (κ1) is 18.5. The molecule has 2 aliphatic rings. The van der Waals surface area contributed by atoms with Crippen LogP contribution in [0, 0.1) is 11.8 Å². The van der Waals surface area contributed by atoms with Gasteiger partial charge in [0.25, 0.3) is 0 Å². The standard InChI is InChI=1S/C23H27N3O2/c1-24(17-18-8-4-2-5-9-18)22(27)20-16-21(20)23(28)26-14-12-25(13-15-26)19-10-6-3-7-11-19/h2-11,20-21H,12-17H2,1H3. The minimum Gasteiger partial charge on any atom is -0.368 e. The van der Waals surface area contributed by atoms with Gasteiger partial charge in [-0.2, -0.15) is 0 Å². The summed E-state index contributed by atoms with van der Waals surface area (Å²) < 4.78 is 0. The van der Waals surface area contributed by atoms with Gasteiger partial charge >= 0.3 is 0 Å². The first-order valence-electron chi connectivity index (χ1n) is 10.0. The number of hydrogen-bond donors (Lipinski definition) is 0. The van der Waals surface area contributed by atoms with E-state index in [-0.39, 0.29) is 23.7 Å². The smallest absolute Gasteiger partial charge is 0.226 e. The average molecular weight is 377 g/mol. The van der Waals surface area contributed by atoms with Crippen LogP contribution in [-0.4, -0.2) is 54.8 Å². The molecule has 4 rings (SSSR count). The maximum absolute atomic E-state index is 12.8. The fourth-order valence-corrected chi connectivity index (χ4v) is 4.02. The molecule has 1 aliphatic carbocycles. The predicted octanol–water partition coefficient (Wildman–Crippen LogP) is 2.63. The molecule has 1 saturated heterocycles. The molecule has 28 heavy (non-hydrogen) atoms. The van der Waals surface area contributed by atoms with Crippen LogP contribution in [0.1, 0.15) is 12.0 Å². The molecule has 1 heterocycles. The Morgan fingerprint density at radius 1 is 0.893 bits per heavy atom. The van der Waals surface area contributed by atoms with Crippen molar-refractivity contribution < 1.29 is 9.59 Å². The van der Waals surface area contributed by atoms with Crippen LogP contribution in [0.15, 0.2) is 60.7 Å². The summed E-state index contributed by atoms with van der Waals surface area (Å²) in [4.78, 5) is 31.5. The van der Waals surface area contributed by atoms with Crippen LogP contribution < -0.4 is 4.90 Å². The van der Waals surface area contributed by atoms with E-state index in [1.165, 1.54) is 5.69 Å². The lowest BCUT2D eigenvalue weighted by Crippen LogP contribution is -2.49. The van der Waals surface area contributed by atoms with Crippen molar-refractivity contribution in [2.24, 2.45) is 11.8 Å². The largest absolute Gasteiger partial charge is 0.368 e. The molecule has 2 aromatic rings. The summed E-state index contributed by atoms with van der Waals surface area (Å²) >= 11 is 0. The van der Waals surface area contributed by atoms with Crippen molar-refractivity contribution in [2.45, 2.75) is 13.0 Å². The van der Waals surface area contributed by atoms with Crippen molar-refractivity contribution in [1.29, 1.82) is 0 Å². The Balaban J connectivity index is 1.27.